The second-order valence-corrected chi connectivity index (χ2v) is 8.90. The number of halogens is 3. The molecule has 0 unspecified atom stereocenters. The second kappa shape index (κ2) is 13.0. The molecule has 0 aromatic heterocycles. The molecule has 0 amide bonds. The molecule has 202 valence electrons. The number of carbonyl (C=O) groups excluding carboxylic acids is 1. The fourth-order valence-electron chi connectivity index (χ4n) is 4.14. The predicted molar refractivity (Wildman–Crippen MR) is 132 cm³/mol. The van der Waals surface area contributed by atoms with Crippen molar-refractivity contribution >= 4 is 5.97 Å². The molecule has 0 saturated carbocycles. The smallest absolute Gasteiger partial charge is 0.426 e. The number of hydrogen-bond acceptors (Lipinski definition) is 6. The molecular weight excluding hydrogens is 501 g/mol. The van der Waals surface area contributed by atoms with E-state index < -0.39 is 42.9 Å². The fourth-order valence-corrected chi connectivity index (χ4v) is 4.14. The summed E-state index contributed by atoms with van der Waals surface area (Å²) in [7, 11) is 0. The zero-order valence-corrected chi connectivity index (χ0v) is 20.8. The Morgan fingerprint density at radius 3 is 1.50 bits per heavy atom. The highest BCUT2D eigenvalue weighted by Crippen LogP contribution is 2.32. The standard InChI is InChI=1S/C29H29F3O6/c1-20-24(34-17-21-11-5-2-6-12-21)25(35-18-22-13-7-3-8-14-22)26(36-19-23-15-9-4-10-16-23)27(37-20)38-28(33)29(30,31)32/h2-16,20,24-27H,17-19H2,1H3/t20-,24-,25+,26+,27-/m0/s1. The lowest BCUT2D eigenvalue weighted by Crippen LogP contribution is -2.60. The highest BCUT2D eigenvalue weighted by Gasteiger charge is 2.51. The van der Waals surface area contributed by atoms with E-state index in [1.807, 2.05) is 91.0 Å². The lowest BCUT2D eigenvalue weighted by Gasteiger charge is -2.44. The summed E-state index contributed by atoms with van der Waals surface area (Å²) < 4.78 is 68.3. The maximum Gasteiger partial charge on any atom is 0.491 e. The molecule has 1 aliphatic heterocycles. The van der Waals surface area contributed by atoms with E-state index in [0.717, 1.165) is 16.7 Å². The number of ether oxygens (including phenoxy) is 5. The third-order valence-electron chi connectivity index (χ3n) is 6.04. The molecule has 4 rings (SSSR count). The molecule has 0 aliphatic carbocycles. The van der Waals surface area contributed by atoms with Crippen LogP contribution in [0.5, 0.6) is 0 Å². The molecule has 38 heavy (non-hydrogen) atoms. The minimum Gasteiger partial charge on any atom is -0.426 e. The average molecular weight is 531 g/mol. The third-order valence-corrected chi connectivity index (χ3v) is 6.04. The van der Waals surface area contributed by atoms with E-state index in [9.17, 15) is 18.0 Å². The van der Waals surface area contributed by atoms with E-state index in [4.69, 9.17) is 23.7 Å². The Labute approximate surface area is 219 Å². The molecule has 1 aliphatic rings. The highest BCUT2D eigenvalue weighted by atomic mass is 19.4. The van der Waals surface area contributed by atoms with Crippen LogP contribution in [-0.4, -0.2) is 42.9 Å². The van der Waals surface area contributed by atoms with Crippen LogP contribution in [0.1, 0.15) is 23.6 Å². The van der Waals surface area contributed by atoms with Gasteiger partial charge < -0.3 is 23.7 Å². The Hall–Kier alpha value is -3.24. The Bertz CT molecular complexity index is 1130. The van der Waals surface area contributed by atoms with Gasteiger partial charge >= 0.3 is 12.1 Å². The summed E-state index contributed by atoms with van der Waals surface area (Å²) in [4.78, 5) is 11.8. The van der Waals surface area contributed by atoms with Crippen molar-refractivity contribution in [1.29, 1.82) is 0 Å². The predicted octanol–water partition coefficient (Wildman–Crippen LogP) is 5.59. The van der Waals surface area contributed by atoms with Crippen LogP contribution < -0.4 is 0 Å². The number of carbonyl (C=O) groups is 1. The van der Waals surface area contributed by atoms with Gasteiger partial charge in [0.05, 0.1) is 25.9 Å². The first-order valence-electron chi connectivity index (χ1n) is 12.2. The quantitative estimate of drug-likeness (QED) is 0.319. The van der Waals surface area contributed by atoms with Gasteiger partial charge in [0.2, 0.25) is 6.29 Å². The zero-order chi connectivity index (χ0) is 27.0. The van der Waals surface area contributed by atoms with Crippen molar-refractivity contribution in [2.45, 2.75) is 63.6 Å². The third kappa shape index (κ3) is 7.64. The molecule has 5 atom stereocenters. The van der Waals surface area contributed by atoms with Gasteiger partial charge in [0.15, 0.2) is 0 Å². The Morgan fingerprint density at radius 1 is 0.684 bits per heavy atom. The summed E-state index contributed by atoms with van der Waals surface area (Å²) in [5, 5.41) is 0. The molecule has 1 saturated heterocycles. The zero-order valence-electron chi connectivity index (χ0n) is 20.8. The first kappa shape index (κ1) is 27.8. The summed E-state index contributed by atoms with van der Waals surface area (Å²) in [5.74, 6) is -2.37. The van der Waals surface area contributed by atoms with Crippen LogP contribution in [0.2, 0.25) is 0 Å². The monoisotopic (exact) mass is 530 g/mol. The molecular formula is C29H29F3O6. The van der Waals surface area contributed by atoms with Crippen molar-refractivity contribution < 1.29 is 41.7 Å². The van der Waals surface area contributed by atoms with Gasteiger partial charge in [0.25, 0.3) is 0 Å². The van der Waals surface area contributed by atoms with E-state index >= 15 is 0 Å². The van der Waals surface area contributed by atoms with Crippen molar-refractivity contribution in [1.82, 2.24) is 0 Å². The van der Waals surface area contributed by atoms with Gasteiger partial charge in [0.1, 0.15) is 18.3 Å². The van der Waals surface area contributed by atoms with Crippen molar-refractivity contribution in [2.75, 3.05) is 0 Å². The number of alkyl halides is 3. The highest BCUT2D eigenvalue weighted by molar-refractivity contribution is 5.75. The van der Waals surface area contributed by atoms with E-state index in [1.165, 1.54) is 0 Å². The molecule has 0 radical (unpaired) electrons. The molecule has 0 bridgehead atoms. The van der Waals surface area contributed by atoms with Gasteiger partial charge in [-0.05, 0) is 23.6 Å². The number of esters is 1. The van der Waals surface area contributed by atoms with Crippen LogP contribution >= 0.6 is 0 Å². The van der Waals surface area contributed by atoms with Gasteiger partial charge in [-0.3, -0.25) is 0 Å². The first-order chi connectivity index (χ1) is 18.3. The minimum atomic E-state index is -5.20. The summed E-state index contributed by atoms with van der Waals surface area (Å²) in [6.45, 7) is 2.01. The van der Waals surface area contributed by atoms with Gasteiger partial charge in [-0.25, -0.2) is 4.79 Å². The molecule has 0 N–H and O–H groups in total. The normalized spacial score (nSPS) is 23.6. The van der Waals surface area contributed by atoms with Crippen molar-refractivity contribution in [3.05, 3.63) is 108 Å². The van der Waals surface area contributed by atoms with E-state index in [-0.39, 0.29) is 19.8 Å². The molecule has 3 aromatic carbocycles. The van der Waals surface area contributed by atoms with Crippen LogP contribution in [0.15, 0.2) is 91.0 Å². The molecule has 0 spiro atoms. The molecule has 9 heteroatoms. The topological polar surface area (TPSA) is 63.2 Å². The van der Waals surface area contributed by atoms with E-state index in [2.05, 4.69) is 0 Å². The molecule has 6 nitrogen and oxygen atoms in total. The van der Waals surface area contributed by atoms with Gasteiger partial charge in [-0.2, -0.15) is 13.2 Å². The van der Waals surface area contributed by atoms with Crippen LogP contribution in [0.3, 0.4) is 0 Å². The van der Waals surface area contributed by atoms with Crippen LogP contribution in [-0.2, 0) is 48.3 Å². The summed E-state index contributed by atoms with van der Waals surface area (Å²) in [5.41, 5.74) is 2.52. The molecule has 1 fully saturated rings. The van der Waals surface area contributed by atoms with Crippen molar-refractivity contribution in [2.24, 2.45) is 0 Å². The summed E-state index contributed by atoms with van der Waals surface area (Å²) >= 11 is 0. The molecule has 1 heterocycles. The van der Waals surface area contributed by atoms with E-state index in [0.29, 0.717) is 0 Å². The first-order valence-corrected chi connectivity index (χ1v) is 12.2. The number of benzene rings is 3. The van der Waals surface area contributed by atoms with Crippen molar-refractivity contribution in [3.8, 4) is 0 Å². The van der Waals surface area contributed by atoms with Crippen LogP contribution in [0.4, 0.5) is 13.2 Å². The SMILES string of the molecule is C[C@@H]1O[C@@H](OC(=O)C(F)(F)F)[C@H](OCc2ccccc2)[C@H](OCc2ccccc2)[C@H]1OCc1ccccc1. The Kier molecular flexibility index (Phi) is 9.52. The minimum absolute atomic E-state index is 0.0277. The van der Waals surface area contributed by atoms with Crippen LogP contribution in [0.25, 0.3) is 0 Å². The lowest BCUT2D eigenvalue weighted by molar-refractivity contribution is -0.319. The van der Waals surface area contributed by atoms with Gasteiger partial charge in [-0.15, -0.1) is 0 Å². The van der Waals surface area contributed by atoms with Crippen LogP contribution in [0, 0.1) is 0 Å². The largest absolute Gasteiger partial charge is 0.491 e. The van der Waals surface area contributed by atoms with Gasteiger partial charge in [0, 0.05) is 0 Å². The number of rotatable bonds is 10. The lowest BCUT2D eigenvalue weighted by atomic mass is 9.98. The fraction of sp³-hybridized carbons (Fsp3) is 0.345. The maximum absolute atomic E-state index is 13.1. The molecule has 3 aromatic rings. The maximum atomic E-state index is 13.1. The number of hydrogen-bond donors (Lipinski definition) is 0. The van der Waals surface area contributed by atoms with E-state index in [1.54, 1.807) is 6.92 Å². The Balaban J connectivity index is 1.61. The Morgan fingerprint density at radius 2 is 1.08 bits per heavy atom. The summed E-state index contributed by atoms with van der Waals surface area (Å²) in [6.07, 6.45) is -10.5. The van der Waals surface area contributed by atoms with Gasteiger partial charge in [-0.1, -0.05) is 91.0 Å². The summed E-state index contributed by atoms with van der Waals surface area (Å²) in [6, 6.07) is 27.8. The average Bonchev–Trinajstić information content (AvgIpc) is 2.92. The van der Waals surface area contributed by atoms with Crippen molar-refractivity contribution in [3.63, 3.8) is 0 Å². The second-order valence-electron chi connectivity index (χ2n) is 8.90.